The van der Waals surface area contributed by atoms with Gasteiger partial charge in [-0.2, -0.15) is 17.7 Å². The van der Waals surface area contributed by atoms with Crippen molar-refractivity contribution in [3.05, 3.63) is 21.5 Å². The minimum atomic E-state index is -0.352. The Morgan fingerprint density at radius 1 is 1.29 bits per heavy atom. The quantitative estimate of drug-likeness (QED) is 0.353. The highest BCUT2D eigenvalue weighted by Crippen LogP contribution is 2.22. The molecule has 0 aliphatic heterocycles. The zero-order valence-electron chi connectivity index (χ0n) is 10.3. The summed E-state index contributed by atoms with van der Waals surface area (Å²) in [5.74, 6) is 0.922. The lowest BCUT2D eigenvalue weighted by atomic mass is 10.2. The van der Waals surface area contributed by atoms with Crippen molar-refractivity contribution in [1.29, 1.82) is 0 Å². The normalized spacial score (nSPS) is 10.8. The Balaban J connectivity index is 2.55. The number of unbranched alkanes of at least 4 members (excludes halogenated alkanes) is 3. The van der Waals surface area contributed by atoms with Crippen LogP contribution >= 0.6 is 12.6 Å². The summed E-state index contributed by atoms with van der Waals surface area (Å²) >= 11 is 4.16. The van der Waals surface area contributed by atoms with Crippen LogP contribution in [0.2, 0.25) is 0 Å². The van der Waals surface area contributed by atoms with Crippen molar-refractivity contribution < 1.29 is 4.92 Å². The fourth-order valence-electron chi connectivity index (χ4n) is 1.90. The number of rotatable bonds is 7. The lowest BCUT2D eigenvalue weighted by Crippen LogP contribution is -2.03. The Morgan fingerprint density at radius 3 is 2.47 bits per heavy atom. The average molecular weight is 257 g/mol. The molecule has 0 radical (unpaired) electrons. The van der Waals surface area contributed by atoms with Gasteiger partial charge in [0.1, 0.15) is 11.4 Å². The minimum absolute atomic E-state index is 0.153. The Bertz CT molecular complexity index is 390. The monoisotopic (exact) mass is 257 g/mol. The van der Waals surface area contributed by atoms with Crippen molar-refractivity contribution in [2.75, 3.05) is 5.75 Å². The van der Waals surface area contributed by atoms with Crippen molar-refractivity contribution in [3.63, 3.8) is 0 Å². The molecule has 1 aromatic heterocycles. The molecule has 1 heterocycles. The van der Waals surface area contributed by atoms with E-state index < -0.39 is 0 Å². The van der Waals surface area contributed by atoms with E-state index in [9.17, 15) is 10.1 Å². The van der Waals surface area contributed by atoms with Gasteiger partial charge in [-0.05, 0) is 32.4 Å². The van der Waals surface area contributed by atoms with Crippen LogP contribution in [0.25, 0.3) is 0 Å². The first-order chi connectivity index (χ1) is 8.07. The molecule has 0 saturated heterocycles. The topological polar surface area (TPSA) is 61.0 Å². The fraction of sp³-hybridized carbons (Fsp3) is 0.727. The van der Waals surface area contributed by atoms with Crippen LogP contribution in [0.3, 0.4) is 0 Å². The largest absolute Gasteiger partial charge is 0.312 e. The maximum Gasteiger partial charge on any atom is 0.312 e. The van der Waals surface area contributed by atoms with Gasteiger partial charge in [-0.25, -0.2) is 0 Å². The number of hydrogen-bond donors (Lipinski definition) is 1. The highest BCUT2D eigenvalue weighted by atomic mass is 32.1. The van der Waals surface area contributed by atoms with Gasteiger partial charge in [0.2, 0.25) is 0 Å². The summed E-state index contributed by atoms with van der Waals surface area (Å²) in [5, 5.41) is 15.0. The van der Waals surface area contributed by atoms with Gasteiger partial charge in [0.25, 0.3) is 0 Å². The number of thiol groups is 1. The molecule has 17 heavy (non-hydrogen) atoms. The smallest absolute Gasteiger partial charge is 0.262 e. The number of aryl methyl sites for hydroxylation is 2. The molecular weight excluding hydrogens is 238 g/mol. The summed E-state index contributed by atoms with van der Waals surface area (Å²) in [6, 6.07) is 0. The Hall–Kier alpha value is -1.04. The number of aromatic nitrogens is 2. The first-order valence-corrected chi connectivity index (χ1v) is 6.50. The second-order valence-electron chi connectivity index (χ2n) is 4.14. The van der Waals surface area contributed by atoms with Crippen LogP contribution in [0.1, 0.15) is 37.1 Å². The zero-order valence-corrected chi connectivity index (χ0v) is 11.2. The van der Waals surface area contributed by atoms with Gasteiger partial charge in [0.15, 0.2) is 0 Å². The molecule has 0 fully saturated rings. The molecule has 0 bridgehead atoms. The van der Waals surface area contributed by atoms with Crippen molar-refractivity contribution in [2.45, 2.75) is 46.1 Å². The van der Waals surface area contributed by atoms with E-state index in [1.54, 1.807) is 18.5 Å². The molecule has 0 saturated carbocycles. The van der Waals surface area contributed by atoms with E-state index in [-0.39, 0.29) is 10.6 Å². The zero-order chi connectivity index (χ0) is 12.8. The van der Waals surface area contributed by atoms with Gasteiger partial charge in [0.05, 0.1) is 4.92 Å². The predicted octanol–water partition coefficient (Wildman–Crippen LogP) is 2.90. The molecule has 1 rings (SSSR count). The molecule has 0 aromatic carbocycles. The van der Waals surface area contributed by atoms with Crippen molar-refractivity contribution >= 4 is 18.3 Å². The summed E-state index contributed by atoms with van der Waals surface area (Å²) in [7, 11) is 0. The third kappa shape index (κ3) is 3.73. The highest BCUT2D eigenvalue weighted by molar-refractivity contribution is 7.80. The van der Waals surface area contributed by atoms with Crippen LogP contribution in [0.15, 0.2) is 0 Å². The second kappa shape index (κ2) is 6.64. The number of nitrogens with zero attached hydrogens (tertiary/aromatic N) is 3. The molecule has 0 unspecified atom stereocenters. The third-order valence-corrected chi connectivity index (χ3v) is 3.12. The maximum atomic E-state index is 10.8. The lowest BCUT2D eigenvalue weighted by Gasteiger charge is -2.03. The number of hydrogen-bond acceptors (Lipinski definition) is 4. The maximum absolute atomic E-state index is 10.8. The molecule has 0 aliphatic rings. The molecule has 5 nitrogen and oxygen atoms in total. The molecular formula is C11H19N3O2S. The van der Waals surface area contributed by atoms with E-state index in [0.29, 0.717) is 11.4 Å². The van der Waals surface area contributed by atoms with Crippen molar-refractivity contribution in [1.82, 2.24) is 9.78 Å². The summed E-state index contributed by atoms with van der Waals surface area (Å²) in [6.07, 6.45) is 4.41. The third-order valence-electron chi connectivity index (χ3n) is 2.80. The van der Waals surface area contributed by atoms with Crippen LogP contribution < -0.4 is 0 Å². The van der Waals surface area contributed by atoms with Crippen LogP contribution in [0.5, 0.6) is 0 Å². The van der Waals surface area contributed by atoms with Crippen LogP contribution in [-0.4, -0.2) is 20.5 Å². The highest BCUT2D eigenvalue weighted by Gasteiger charge is 2.21. The molecule has 0 amide bonds. The molecule has 0 N–H and O–H groups in total. The van der Waals surface area contributed by atoms with E-state index in [0.717, 1.165) is 38.0 Å². The van der Waals surface area contributed by atoms with E-state index >= 15 is 0 Å². The molecule has 1 aromatic rings. The van der Waals surface area contributed by atoms with Crippen molar-refractivity contribution in [3.8, 4) is 0 Å². The first kappa shape index (κ1) is 14.0. The van der Waals surface area contributed by atoms with E-state index in [2.05, 4.69) is 17.7 Å². The molecule has 6 heteroatoms. The predicted molar refractivity (Wildman–Crippen MR) is 70.7 cm³/mol. The Kier molecular flexibility index (Phi) is 5.47. The Labute approximate surface area is 107 Å². The average Bonchev–Trinajstić information content (AvgIpc) is 2.53. The second-order valence-corrected chi connectivity index (χ2v) is 4.58. The molecule has 96 valence electrons. The van der Waals surface area contributed by atoms with Gasteiger partial charge < -0.3 is 0 Å². The summed E-state index contributed by atoms with van der Waals surface area (Å²) in [5.41, 5.74) is 1.31. The summed E-state index contributed by atoms with van der Waals surface area (Å²) in [4.78, 5) is 10.5. The van der Waals surface area contributed by atoms with Gasteiger partial charge in [0, 0.05) is 6.54 Å². The van der Waals surface area contributed by atoms with E-state index in [1.165, 1.54) is 0 Å². The number of nitro groups is 1. The minimum Gasteiger partial charge on any atom is -0.262 e. The van der Waals surface area contributed by atoms with Crippen LogP contribution in [0, 0.1) is 24.0 Å². The van der Waals surface area contributed by atoms with Gasteiger partial charge in [-0.3, -0.25) is 14.8 Å². The van der Waals surface area contributed by atoms with Gasteiger partial charge in [-0.15, -0.1) is 0 Å². The van der Waals surface area contributed by atoms with Crippen LogP contribution in [-0.2, 0) is 6.54 Å². The lowest BCUT2D eigenvalue weighted by molar-refractivity contribution is -0.386. The molecule has 0 aliphatic carbocycles. The van der Waals surface area contributed by atoms with Crippen LogP contribution in [0.4, 0.5) is 5.69 Å². The first-order valence-electron chi connectivity index (χ1n) is 5.87. The summed E-state index contributed by atoms with van der Waals surface area (Å²) in [6.45, 7) is 4.20. The van der Waals surface area contributed by atoms with Gasteiger partial charge >= 0.3 is 5.69 Å². The van der Waals surface area contributed by atoms with Crippen molar-refractivity contribution in [2.24, 2.45) is 0 Å². The standard InChI is InChI=1S/C11H19N3O2S/c1-9-11(14(15)16)10(2)13(12-9)7-5-3-4-6-8-17/h17H,3-8H2,1-2H3. The molecule has 0 spiro atoms. The summed E-state index contributed by atoms with van der Waals surface area (Å²) < 4.78 is 1.74. The van der Waals surface area contributed by atoms with Gasteiger partial charge in [-0.1, -0.05) is 12.8 Å². The van der Waals surface area contributed by atoms with E-state index in [4.69, 9.17) is 0 Å². The fourth-order valence-corrected chi connectivity index (χ4v) is 2.12. The Morgan fingerprint density at radius 2 is 1.94 bits per heavy atom. The SMILES string of the molecule is Cc1nn(CCCCCCS)c(C)c1[N+](=O)[O-]. The molecule has 0 atom stereocenters. The van der Waals surface area contributed by atoms with E-state index in [1.807, 2.05) is 0 Å².